The summed E-state index contributed by atoms with van der Waals surface area (Å²) in [5, 5.41) is 11.4. The average Bonchev–Trinajstić information content (AvgIpc) is 3.68. The summed E-state index contributed by atoms with van der Waals surface area (Å²) < 4.78 is 61.7. The summed E-state index contributed by atoms with van der Waals surface area (Å²) in [5.41, 5.74) is 9.80. The number of rotatable bonds is 8. The number of aromatic nitrogens is 3. The number of phenols is 1. The molecule has 58 heavy (non-hydrogen) atoms. The Hall–Kier alpha value is -6.35. The van der Waals surface area contributed by atoms with Crippen molar-refractivity contribution in [3.05, 3.63) is 193 Å². The van der Waals surface area contributed by atoms with Crippen LogP contribution < -0.4 is 0 Å². The Bertz CT molecular complexity index is 3180. The second kappa shape index (κ2) is 16.3. The summed E-state index contributed by atoms with van der Waals surface area (Å²) in [6.45, 7) is -1.81. The molecule has 0 fully saturated rings. The van der Waals surface area contributed by atoms with E-state index in [1.165, 1.54) is 6.07 Å². The summed E-state index contributed by atoms with van der Waals surface area (Å²) >= 11 is 0. The number of hydrogen-bond donors (Lipinski definition) is 1. The van der Waals surface area contributed by atoms with Gasteiger partial charge in [-0.3, -0.25) is 9.55 Å². The molecule has 2 heterocycles. The standard InChI is InChI=1S/C53H42N3O.Pt/c1-34(2)37-22-24-39(25-23-37)41-26-27-54-49(32-41)44-30-42(38-14-7-5-8-15-38)29-43(31-44)46-19-13-20-50-52(46)55-53(47-18-11-12-21-51(47)57)56(50)45-28-35(3)36(4)48(33-45)40-16-9-6-10-17-40;/h5-30,32-34,57H,1-4H3;/q-1;/i3D3,4D3,34D;. The molecule has 1 N–H and O–H groups in total. The van der Waals surface area contributed by atoms with Gasteiger partial charge in [-0.25, -0.2) is 4.98 Å². The fourth-order valence-corrected chi connectivity index (χ4v) is 7.43. The van der Waals surface area contributed by atoms with E-state index < -0.39 is 19.6 Å². The van der Waals surface area contributed by atoms with Gasteiger partial charge in [0.25, 0.3) is 0 Å². The number of benzene rings is 7. The Balaban J connectivity index is 0.00000576. The van der Waals surface area contributed by atoms with E-state index in [1.807, 2.05) is 105 Å². The summed E-state index contributed by atoms with van der Waals surface area (Å²) in [6, 6.07) is 54.4. The molecule has 0 aliphatic rings. The number of fused-ring (bicyclic) bond motifs is 1. The zero-order chi connectivity index (χ0) is 45.0. The molecule has 7 aromatic carbocycles. The minimum atomic E-state index is -2.79. The predicted octanol–water partition coefficient (Wildman–Crippen LogP) is 13.7. The topological polar surface area (TPSA) is 50.9 Å². The second-order valence-electron chi connectivity index (χ2n) is 14.3. The molecule has 0 amide bonds. The number of phenolic OH excluding ortho intramolecular Hbond substituents is 1. The number of para-hydroxylation sites is 2. The van der Waals surface area contributed by atoms with Crippen molar-refractivity contribution in [2.24, 2.45) is 0 Å². The average molecular weight is 939 g/mol. The molecule has 0 spiro atoms. The smallest absolute Gasteiger partial charge is 0.148 e. The summed E-state index contributed by atoms with van der Waals surface area (Å²) in [7, 11) is 0. The van der Waals surface area contributed by atoms with Gasteiger partial charge in [-0.15, -0.1) is 23.8 Å². The van der Waals surface area contributed by atoms with Gasteiger partial charge in [0.15, 0.2) is 0 Å². The minimum absolute atomic E-state index is 0. The number of hydrogen-bond acceptors (Lipinski definition) is 3. The fraction of sp³-hybridized carbons (Fsp3) is 0.0943. The first-order chi connectivity index (χ1) is 30.5. The van der Waals surface area contributed by atoms with Crippen molar-refractivity contribution < 1.29 is 35.8 Å². The third-order valence-electron chi connectivity index (χ3n) is 10.4. The predicted molar refractivity (Wildman–Crippen MR) is 236 cm³/mol. The fourth-order valence-electron chi connectivity index (χ4n) is 7.43. The number of pyridine rings is 1. The molecule has 0 saturated carbocycles. The Morgan fingerprint density at radius 3 is 2.03 bits per heavy atom. The molecular weight excluding hydrogens is 890 g/mol. The van der Waals surface area contributed by atoms with Crippen LogP contribution >= 0.6 is 0 Å². The van der Waals surface area contributed by atoms with Crippen molar-refractivity contribution in [3.63, 3.8) is 0 Å². The Kier molecular flexibility index (Phi) is 8.61. The second-order valence-corrected chi connectivity index (χ2v) is 14.3. The third kappa shape index (κ3) is 7.33. The molecule has 0 radical (unpaired) electrons. The molecular formula is C53H42N3OPt-. The van der Waals surface area contributed by atoms with E-state index in [-0.39, 0.29) is 43.5 Å². The molecule has 0 aliphatic heterocycles. The van der Waals surface area contributed by atoms with Gasteiger partial charge in [0.05, 0.1) is 16.6 Å². The van der Waals surface area contributed by atoms with Gasteiger partial charge in [-0.1, -0.05) is 146 Å². The van der Waals surface area contributed by atoms with Gasteiger partial charge in [-0.05, 0) is 101 Å². The minimum Gasteiger partial charge on any atom is -0.507 e. The Morgan fingerprint density at radius 2 is 1.31 bits per heavy atom. The molecule has 4 nitrogen and oxygen atoms in total. The van der Waals surface area contributed by atoms with E-state index in [1.54, 1.807) is 65.4 Å². The van der Waals surface area contributed by atoms with Crippen LogP contribution in [0.15, 0.2) is 170 Å². The third-order valence-corrected chi connectivity index (χ3v) is 10.4. The normalized spacial score (nSPS) is 13.6. The van der Waals surface area contributed by atoms with E-state index in [0.717, 1.165) is 44.5 Å². The van der Waals surface area contributed by atoms with Crippen LogP contribution in [-0.2, 0) is 21.1 Å². The van der Waals surface area contributed by atoms with Crippen LogP contribution in [0.25, 0.3) is 83.9 Å². The van der Waals surface area contributed by atoms with E-state index >= 15 is 0 Å². The quantitative estimate of drug-likeness (QED) is 0.154. The van der Waals surface area contributed by atoms with E-state index in [0.29, 0.717) is 39.4 Å². The van der Waals surface area contributed by atoms with E-state index in [9.17, 15) is 5.11 Å². The van der Waals surface area contributed by atoms with Crippen molar-refractivity contribution >= 4 is 11.0 Å². The van der Waals surface area contributed by atoms with Gasteiger partial charge in [0.2, 0.25) is 0 Å². The SMILES string of the molecule is [2H]C([2H])([2H])c1cc(-n2c(-c3ccccc3O)nc3c(-c4[c-]c(-c5cc(-c6ccc(C([2H])(C)C)cc6)ccn5)cc(-c5ccccc5)c4)cccc32)cc(-c2ccccc2)c1C([2H])([2H])[2H].[Pt]. The molecule has 286 valence electrons. The zero-order valence-corrected chi connectivity index (χ0v) is 34.0. The van der Waals surface area contributed by atoms with Gasteiger partial charge in [-0.2, -0.15) is 0 Å². The van der Waals surface area contributed by atoms with Crippen LogP contribution in [0.2, 0.25) is 0 Å². The van der Waals surface area contributed by atoms with Crippen molar-refractivity contribution in [2.45, 2.75) is 33.4 Å². The van der Waals surface area contributed by atoms with E-state index in [4.69, 9.17) is 19.6 Å². The van der Waals surface area contributed by atoms with Gasteiger partial charge >= 0.3 is 0 Å². The summed E-state index contributed by atoms with van der Waals surface area (Å²) in [4.78, 5) is 10.1. The van der Waals surface area contributed by atoms with Gasteiger partial charge < -0.3 is 5.11 Å². The van der Waals surface area contributed by atoms with Crippen LogP contribution in [0.5, 0.6) is 5.75 Å². The van der Waals surface area contributed by atoms with Crippen molar-refractivity contribution in [2.75, 3.05) is 0 Å². The first-order valence-corrected chi connectivity index (χ1v) is 18.8. The monoisotopic (exact) mass is 938 g/mol. The van der Waals surface area contributed by atoms with Crippen LogP contribution in [0.4, 0.5) is 0 Å². The first-order valence-electron chi connectivity index (χ1n) is 22.3. The molecule has 0 aliphatic carbocycles. The van der Waals surface area contributed by atoms with E-state index in [2.05, 4.69) is 18.2 Å². The maximum atomic E-state index is 11.4. The number of aryl methyl sites for hydroxylation is 1. The molecule has 0 saturated heterocycles. The first kappa shape index (κ1) is 30.7. The largest absolute Gasteiger partial charge is 0.507 e. The number of aromatic hydroxyl groups is 1. The number of imidazole rings is 1. The Morgan fingerprint density at radius 1 is 0.621 bits per heavy atom. The molecule has 9 rings (SSSR count). The van der Waals surface area contributed by atoms with Crippen molar-refractivity contribution in [1.82, 2.24) is 14.5 Å². The molecule has 2 aromatic heterocycles. The van der Waals surface area contributed by atoms with Crippen molar-refractivity contribution in [3.8, 4) is 78.6 Å². The molecule has 9 aromatic rings. The molecule has 5 heteroatoms. The maximum absolute atomic E-state index is 11.4. The number of nitrogens with zero attached hydrogens (tertiary/aromatic N) is 3. The maximum Gasteiger partial charge on any atom is 0.148 e. The molecule has 0 bridgehead atoms. The summed E-state index contributed by atoms with van der Waals surface area (Å²) in [5.74, 6) is -0.434. The zero-order valence-electron chi connectivity index (χ0n) is 38.8. The molecule has 0 atom stereocenters. The van der Waals surface area contributed by atoms with Gasteiger partial charge in [0.1, 0.15) is 11.6 Å². The van der Waals surface area contributed by atoms with Crippen LogP contribution in [-0.4, -0.2) is 19.6 Å². The van der Waals surface area contributed by atoms with Crippen LogP contribution in [0.1, 0.15) is 46.0 Å². The Labute approximate surface area is 364 Å². The molecule has 0 unspecified atom stereocenters. The van der Waals surface area contributed by atoms with Gasteiger partial charge in [0, 0.05) is 48.2 Å². The summed E-state index contributed by atoms with van der Waals surface area (Å²) in [6.07, 6.45) is 1.78. The van der Waals surface area contributed by atoms with Crippen LogP contribution in [0, 0.1) is 19.8 Å². The van der Waals surface area contributed by atoms with Crippen molar-refractivity contribution in [1.29, 1.82) is 0 Å². The van der Waals surface area contributed by atoms with Crippen LogP contribution in [0.3, 0.4) is 0 Å².